The number of hydrogen-bond donors (Lipinski definition) is 1. The van der Waals surface area contributed by atoms with Gasteiger partial charge in [-0.05, 0) is 20.8 Å². The molecule has 1 heterocycles. The quantitative estimate of drug-likeness (QED) is 0.852. The second-order valence-electron chi connectivity index (χ2n) is 4.92. The van der Waals surface area contributed by atoms with Gasteiger partial charge >= 0.3 is 0 Å². The van der Waals surface area contributed by atoms with Crippen molar-refractivity contribution in [2.45, 2.75) is 32.7 Å². The van der Waals surface area contributed by atoms with Crippen LogP contribution in [0.4, 0.5) is 0 Å². The lowest BCUT2D eigenvalue weighted by atomic mass is 10.1. The Bertz CT molecular complexity index is 359. The van der Waals surface area contributed by atoms with Crippen molar-refractivity contribution in [3.63, 3.8) is 0 Å². The predicted octanol–water partition coefficient (Wildman–Crippen LogP) is 2.03. The van der Waals surface area contributed by atoms with Crippen LogP contribution in [0.5, 0.6) is 11.5 Å². The van der Waals surface area contributed by atoms with E-state index in [0.29, 0.717) is 0 Å². The van der Waals surface area contributed by atoms with Crippen molar-refractivity contribution >= 4 is 0 Å². The highest BCUT2D eigenvalue weighted by Gasteiger charge is 2.12. The fraction of sp³-hybridized carbons (Fsp3) is 0.615. The maximum Gasteiger partial charge on any atom is 0.182 e. The topological polar surface area (TPSA) is 43.4 Å². The smallest absolute Gasteiger partial charge is 0.182 e. The van der Waals surface area contributed by atoms with Gasteiger partial charge in [0.2, 0.25) is 0 Å². The van der Waals surface area contributed by atoms with Crippen LogP contribution in [0.1, 0.15) is 26.5 Å². The van der Waals surface area contributed by atoms with E-state index in [1.807, 2.05) is 0 Å². The van der Waals surface area contributed by atoms with Crippen LogP contribution in [-0.2, 0) is 6.42 Å². The number of pyridine rings is 1. The molecule has 0 aromatic carbocycles. The van der Waals surface area contributed by atoms with E-state index in [-0.39, 0.29) is 5.54 Å². The summed E-state index contributed by atoms with van der Waals surface area (Å²) < 4.78 is 10.6. The highest BCUT2D eigenvalue weighted by atomic mass is 16.5. The highest BCUT2D eigenvalue weighted by Crippen LogP contribution is 2.29. The maximum atomic E-state index is 5.33. The van der Waals surface area contributed by atoms with Crippen LogP contribution in [0.25, 0.3) is 0 Å². The zero-order valence-electron chi connectivity index (χ0n) is 11.3. The highest BCUT2D eigenvalue weighted by molar-refractivity contribution is 5.42. The molecule has 0 unspecified atom stereocenters. The summed E-state index contributed by atoms with van der Waals surface area (Å²) in [5.41, 5.74) is 1.04. The fourth-order valence-corrected chi connectivity index (χ4v) is 1.58. The summed E-state index contributed by atoms with van der Waals surface area (Å²) in [6, 6.07) is 1.81. The molecule has 0 aliphatic heterocycles. The molecule has 1 N–H and O–H groups in total. The Balaban J connectivity index is 2.70. The van der Waals surface area contributed by atoms with Crippen LogP contribution < -0.4 is 14.8 Å². The molecule has 0 fully saturated rings. The average molecular weight is 238 g/mol. The van der Waals surface area contributed by atoms with E-state index >= 15 is 0 Å². The number of rotatable bonds is 5. The van der Waals surface area contributed by atoms with Crippen molar-refractivity contribution in [2.75, 3.05) is 20.8 Å². The Labute approximate surface area is 103 Å². The zero-order chi connectivity index (χ0) is 12.9. The number of nitrogens with zero attached hydrogens (tertiary/aromatic N) is 1. The zero-order valence-corrected chi connectivity index (χ0v) is 11.3. The largest absolute Gasteiger partial charge is 0.493 e. The Morgan fingerprint density at radius 2 is 1.94 bits per heavy atom. The van der Waals surface area contributed by atoms with E-state index in [1.54, 1.807) is 26.5 Å². The third-order valence-electron chi connectivity index (χ3n) is 2.38. The maximum absolute atomic E-state index is 5.33. The molecule has 0 saturated heterocycles. The molecule has 0 radical (unpaired) electrons. The van der Waals surface area contributed by atoms with Gasteiger partial charge < -0.3 is 14.8 Å². The summed E-state index contributed by atoms with van der Waals surface area (Å²) in [6.07, 6.45) is 2.56. The van der Waals surface area contributed by atoms with Crippen molar-refractivity contribution in [3.05, 3.63) is 18.0 Å². The predicted molar refractivity (Wildman–Crippen MR) is 68.8 cm³/mol. The minimum absolute atomic E-state index is 0.117. The van der Waals surface area contributed by atoms with Crippen LogP contribution >= 0.6 is 0 Å². The molecule has 96 valence electrons. The molecule has 0 spiro atoms. The summed E-state index contributed by atoms with van der Waals surface area (Å²) in [5, 5.41) is 3.42. The van der Waals surface area contributed by atoms with Gasteiger partial charge in [0.25, 0.3) is 0 Å². The van der Waals surface area contributed by atoms with Crippen LogP contribution in [0, 0.1) is 0 Å². The third-order valence-corrected chi connectivity index (χ3v) is 2.38. The third kappa shape index (κ3) is 4.23. The molecular weight excluding hydrogens is 216 g/mol. The first-order valence-corrected chi connectivity index (χ1v) is 5.79. The van der Waals surface area contributed by atoms with Gasteiger partial charge in [0, 0.05) is 30.8 Å². The van der Waals surface area contributed by atoms with Crippen molar-refractivity contribution < 1.29 is 9.47 Å². The van der Waals surface area contributed by atoms with Gasteiger partial charge in [0.1, 0.15) is 0 Å². The molecule has 0 bridgehead atoms. The molecule has 0 aliphatic rings. The minimum atomic E-state index is 0.117. The van der Waals surface area contributed by atoms with Crippen molar-refractivity contribution in [1.82, 2.24) is 10.3 Å². The molecule has 1 aromatic rings. The Morgan fingerprint density at radius 3 is 2.47 bits per heavy atom. The summed E-state index contributed by atoms with van der Waals surface area (Å²) in [4.78, 5) is 4.33. The van der Waals surface area contributed by atoms with E-state index in [2.05, 4.69) is 31.1 Å². The molecule has 0 saturated carbocycles. The average Bonchev–Trinajstić information content (AvgIpc) is 2.27. The van der Waals surface area contributed by atoms with Gasteiger partial charge in [-0.2, -0.15) is 0 Å². The van der Waals surface area contributed by atoms with Gasteiger partial charge in [-0.3, -0.25) is 4.98 Å². The van der Waals surface area contributed by atoms with E-state index in [0.717, 1.165) is 30.2 Å². The molecule has 0 aliphatic carbocycles. The molecule has 17 heavy (non-hydrogen) atoms. The molecular formula is C13H22N2O2. The number of aromatic nitrogens is 1. The first-order valence-electron chi connectivity index (χ1n) is 5.79. The van der Waals surface area contributed by atoms with Gasteiger partial charge in [0.05, 0.1) is 19.9 Å². The van der Waals surface area contributed by atoms with Crippen LogP contribution in [-0.4, -0.2) is 31.3 Å². The summed E-state index contributed by atoms with van der Waals surface area (Å²) in [7, 11) is 3.27. The van der Waals surface area contributed by atoms with E-state index in [1.165, 1.54) is 0 Å². The lowest BCUT2D eigenvalue weighted by Gasteiger charge is -2.20. The Hall–Kier alpha value is -1.29. The monoisotopic (exact) mass is 238 g/mol. The second kappa shape index (κ2) is 5.87. The molecule has 1 rings (SSSR count). The number of hydrogen-bond acceptors (Lipinski definition) is 4. The SMILES string of the molecule is COc1ccnc(CCNC(C)(C)C)c1OC. The molecule has 0 amide bonds. The van der Waals surface area contributed by atoms with Crippen molar-refractivity contribution in [2.24, 2.45) is 0 Å². The van der Waals surface area contributed by atoms with Crippen molar-refractivity contribution in [3.8, 4) is 11.5 Å². The minimum Gasteiger partial charge on any atom is -0.493 e. The van der Waals surface area contributed by atoms with Crippen molar-refractivity contribution in [1.29, 1.82) is 0 Å². The summed E-state index contributed by atoms with van der Waals surface area (Å²) in [6.45, 7) is 7.29. The summed E-state index contributed by atoms with van der Waals surface area (Å²) in [5.74, 6) is 1.46. The van der Waals surface area contributed by atoms with Crippen LogP contribution in [0.15, 0.2) is 12.3 Å². The first-order chi connectivity index (χ1) is 7.98. The number of ether oxygens (including phenoxy) is 2. The molecule has 4 heteroatoms. The van der Waals surface area contributed by atoms with E-state index in [4.69, 9.17) is 9.47 Å². The molecule has 4 nitrogen and oxygen atoms in total. The summed E-state index contributed by atoms with van der Waals surface area (Å²) >= 11 is 0. The van der Waals surface area contributed by atoms with Gasteiger partial charge in [-0.1, -0.05) is 0 Å². The standard InChI is InChI=1S/C13H22N2O2/c1-13(2,3)15-9-6-10-12(17-5)11(16-4)7-8-14-10/h7-8,15H,6,9H2,1-5H3. The molecule has 0 atom stereocenters. The van der Waals surface area contributed by atoms with Crippen LogP contribution in [0.2, 0.25) is 0 Å². The Kier molecular flexibility index (Phi) is 4.75. The fourth-order valence-electron chi connectivity index (χ4n) is 1.58. The first kappa shape index (κ1) is 13.8. The number of methoxy groups -OCH3 is 2. The van der Waals surface area contributed by atoms with Gasteiger partial charge in [0.15, 0.2) is 11.5 Å². The second-order valence-corrected chi connectivity index (χ2v) is 4.92. The number of nitrogens with one attached hydrogen (secondary N) is 1. The van der Waals surface area contributed by atoms with Crippen LogP contribution in [0.3, 0.4) is 0 Å². The van der Waals surface area contributed by atoms with E-state index < -0.39 is 0 Å². The lowest BCUT2D eigenvalue weighted by molar-refractivity contribution is 0.348. The normalized spacial score (nSPS) is 11.4. The van der Waals surface area contributed by atoms with E-state index in [9.17, 15) is 0 Å². The molecule has 1 aromatic heterocycles. The Morgan fingerprint density at radius 1 is 1.24 bits per heavy atom. The lowest BCUT2D eigenvalue weighted by Crippen LogP contribution is -2.37. The van der Waals surface area contributed by atoms with Gasteiger partial charge in [-0.15, -0.1) is 0 Å². The van der Waals surface area contributed by atoms with Gasteiger partial charge in [-0.25, -0.2) is 0 Å².